The van der Waals surface area contributed by atoms with Crippen molar-refractivity contribution in [3.63, 3.8) is 0 Å². The highest BCUT2D eigenvalue weighted by Crippen LogP contribution is 2.59. The molecule has 2 fully saturated rings. The summed E-state index contributed by atoms with van der Waals surface area (Å²) in [4.78, 5) is 18.4. The fourth-order valence-corrected chi connectivity index (χ4v) is 11.4. The first-order chi connectivity index (χ1) is 30.1. The molecule has 0 aromatic heterocycles. The van der Waals surface area contributed by atoms with E-state index in [1.165, 1.54) is 5.57 Å². The van der Waals surface area contributed by atoms with Crippen LogP contribution in [0.15, 0.2) is 76.8 Å². The SMILES string of the molecule is CCC/C(=C/C(=O)CCc1cc(OC2CCCC2)c(O)c2c1C#CC[C@H]1C[C@H]3C=C4[C@@H](C[C@@H](C)C[C@H]4[C@H]2[C@H]3COC)c2cc(O)cc(c2)Cc2cccc(c2)CN=C(N)N1)CO. The molecule has 62 heavy (non-hydrogen) atoms. The van der Waals surface area contributed by atoms with E-state index in [1.807, 2.05) is 25.1 Å². The van der Waals surface area contributed by atoms with Gasteiger partial charge in [0.15, 0.2) is 23.2 Å². The Hall–Kier alpha value is -5.04. The zero-order chi connectivity index (χ0) is 43.3. The van der Waals surface area contributed by atoms with Crippen LogP contribution in [0.2, 0.25) is 0 Å². The number of benzene rings is 3. The Kier molecular flexibility index (Phi) is 13.8. The van der Waals surface area contributed by atoms with Crippen LogP contribution in [0.5, 0.6) is 17.2 Å². The molecule has 8 bridgehead atoms. The van der Waals surface area contributed by atoms with Crippen molar-refractivity contribution in [3.8, 4) is 29.1 Å². The Morgan fingerprint density at radius 1 is 1.03 bits per heavy atom. The van der Waals surface area contributed by atoms with Gasteiger partial charge >= 0.3 is 0 Å². The first kappa shape index (κ1) is 43.6. The summed E-state index contributed by atoms with van der Waals surface area (Å²) >= 11 is 0. The van der Waals surface area contributed by atoms with Crippen LogP contribution in [0, 0.1) is 35.5 Å². The number of aliphatic imine (C=N–C) groups is 1. The summed E-state index contributed by atoms with van der Waals surface area (Å²) in [5.74, 6) is 8.59. The summed E-state index contributed by atoms with van der Waals surface area (Å²) in [6.07, 6.45) is 14.0. The number of carbonyl (C=O) groups excluding carboxylic acids is 1. The van der Waals surface area contributed by atoms with Crippen LogP contribution in [-0.2, 0) is 28.9 Å². The van der Waals surface area contributed by atoms with Gasteiger partial charge in [0.05, 0.1) is 25.9 Å². The van der Waals surface area contributed by atoms with Gasteiger partial charge in [-0.05, 0) is 146 Å². The van der Waals surface area contributed by atoms with Crippen LogP contribution in [0.3, 0.4) is 0 Å². The number of nitrogens with two attached hydrogens (primary N) is 1. The zero-order valence-corrected chi connectivity index (χ0v) is 36.8. The summed E-state index contributed by atoms with van der Waals surface area (Å²) in [6.45, 7) is 5.13. The number of ketones is 1. The third kappa shape index (κ3) is 9.77. The Labute approximate surface area is 367 Å². The first-order valence-corrected chi connectivity index (χ1v) is 23.2. The Morgan fingerprint density at radius 3 is 2.65 bits per heavy atom. The molecule has 0 saturated heterocycles. The molecule has 5 aliphatic rings. The molecule has 2 saturated carbocycles. The lowest BCUT2D eigenvalue weighted by Gasteiger charge is -2.50. The van der Waals surface area contributed by atoms with Crippen molar-refractivity contribution in [2.45, 2.75) is 128 Å². The van der Waals surface area contributed by atoms with Crippen molar-refractivity contribution >= 4 is 11.7 Å². The smallest absolute Gasteiger partial charge is 0.189 e. The van der Waals surface area contributed by atoms with Crippen molar-refractivity contribution < 1.29 is 29.6 Å². The largest absolute Gasteiger partial charge is 0.508 e. The molecular weight excluding hydrogens is 775 g/mol. The standard InChI is InChI=1S/C53H65N3O6/c1-4-9-35(30-57)23-41(58)17-16-37-28-49(62-43-13-5-6-14-43)52(60)51-44(37)15-8-12-40-25-39-27-46-45(18-32(2)19-47(46)50(51)48(39)31-61-3)38-22-36(24-42(59)26-38)21-33-10-7-11-34(20-33)29-55-53(54)56-40/h7,10-11,20,22-24,26-28,32,39-40,43,45,47-48,50,57,59-60H,4-6,9,12-14,16-19,21,25,29-31H2,1-3H3,(H3,54,55,56)/b35-23-/t32-,39+,40+,45+,47-,48+,50+/m1/s1. The minimum Gasteiger partial charge on any atom is -0.508 e. The number of rotatable bonds is 11. The molecule has 1 aliphatic heterocycles. The number of phenols is 2. The number of fused-ring (bicyclic) bond motifs is 10. The monoisotopic (exact) mass is 839 g/mol. The molecule has 8 rings (SSSR count). The molecule has 3 aromatic rings. The predicted octanol–water partition coefficient (Wildman–Crippen LogP) is 8.89. The van der Waals surface area contributed by atoms with E-state index >= 15 is 0 Å². The number of aryl methyl sites for hydroxylation is 1. The Balaban J connectivity index is 1.34. The Bertz CT molecular complexity index is 2280. The van der Waals surface area contributed by atoms with Gasteiger partial charge in [-0.1, -0.05) is 74.1 Å². The van der Waals surface area contributed by atoms with E-state index in [-0.39, 0.29) is 72.0 Å². The number of nitrogens with one attached hydrogen (secondary N) is 1. The van der Waals surface area contributed by atoms with Crippen LogP contribution >= 0.6 is 0 Å². The van der Waals surface area contributed by atoms with Crippen molar-refractivity contribution in [1.29, 1.82) is 0 Å². The number of hydrogen-bond acceptors (Lipinski definition) is 9. The van der Waals surface area contributed by atoms with E-state index in [4.69, 9.17) is 20.2 Å². The Morgan fingerprint density at radius 2 is 1.85 bits per heavy atom. The number of aliphatic hydroxyl groups is 1. The predicted molar refractivity (Wildman–Crippen MR) is 244 cm³/mol. The highest BCUT2D eigenvalue weighted by Gasteiger charge is 2.48. The number of methoxy groups -OCH3 is 1. The van der Waals surface area contributed by atoms with Crippen molar-refractivity contribution in [1.82, 2.24) is 5.32 Å². The number of phenolic OH excluding ortho intramolecular Hbond substituents is 2. The summed E-state index contributed by atoms with van der Waals surface area (Å²) in [7, 11) is 1.76. The van der Waals surface area contributed by atoms with Crippen LogP contribution < -0.4 is 15.8 Å². The van der Waals surface area contributed by atoms with Crippen molar-refractivity contribution in [2.24, 2.45) is 34.4 Å². The van der Waals surface area contributed by atoms with Gasteiger partial charge in [0, 0.05) is 49.0 Å². The molecule has 0 amide bonds. The molecule has 1 heterocycles. The first-order valence-electron chi connectivity index (χ1n) is 23.2. The fraction of sp³-hybridized carbons (Fsp3) is 0.509. The molecular formula is C53H65N3O6. The van der Waals surface area contributed by atoms with Gasteiger partial charge in [0.2, 0.25) is 0 Å². The number of nitrogens with zero attached hydrogens (tertiary/aromatic N) is 1. The zero-order valence-electron chi connectivity index (χ0n) is 36.8. The van der Waals surface area contributed by atoms with Gasteiger partial charge in [-0.2, -0.15) is 0 Å². The summed E-state index contributed by atoms with van der Waals surface area (Å²) in [5.41, 5.74) is 15.6. The summed E-state index contributed by atoms with van der Waals surface area (Å²) in [6, 6.07) is 16.4. The summed E-state index contributed by atoms with van der Waals surface area (Å²) < 4.78 is 12.9. The van der Waals surface area contributed by atoms with E-state index in [1.54, 1.807) is 13.2 Å². The van der Waals surface area contributed by atoms with Crippen LogP contribution in [-0.4, -0.2) is 59.5 Å². The molecule has 4 aliphatic carbocycles. The topological polar surface area (TPSA) is 147 Å². The maximum Gasteiger partial charge on any atom is 0.189 e. The second kappa shape index (κ2) is 19.6. The second-order valence-corrected chi connectivity index (χ2v) is 18.8. The number of guanidine groups is 1. The van der Waals surface area contributed by atoms with Gasteiger partial charge < -0.3 is 35.8 Å². The number of aliphatic hydroxyl groups excluding tert-OH is 1. The highest BCUT2D eigenvalue weighted by atomic mass is 16.5. The third-order valence-corrected chi connectivity index (χ3v) is 14.1. The van der Waals surface area contributed by atoms with E-state index in [9.17, 15) is 20.1 Å². The number of aromatic hydroxyl groups is 2. The molecule has 0 radical (unpaired) electrons. The average molecular weight is 840 g/mol. The molecule has 3 aromatic carbocycles. The fourth-order valence-electron chi connectivity index (χ4n) is 11.4. The third-order valence-electron chi connectivity index (χ3n) is 14.1. The number of allylic oxidation sites excluding steroid dienone is 3. The van der Waals surface area contributed by atoms with Crippen LogP contribution in [0.1, 0.15) is 135 Å². The maximum atomic E-state index is 13.6. The van der Waals surface area contributed by atoms with Crippen molar-refractivity contribution in [3.05, 3.63) is 111 Å². The van der Waals surface area contributed by atoms with E-state index in [0.717, 1.165) is 95.9 Å². The number of carbonyl (C=O) groups is 1. The van der Waals surface area contributed by atoms with Gasteiger partial charge in [0.25, 0.3) is 0 Å². The number of ether oxygens (including phenoxy) is 2. The van der Waals surface area contributed by atoms with E-state index in [2.05, 4.69) is 60.5 Å². The maximum absolute atomic E-state index is 13.6. The van der Waals surface area contributed by atoms with E-state index < -0.39 is 0 Å². The lowest BCUT2D eigenvalue weighted by Crippen LogP contribution is -2.45. The van der Waals surface area contributed by atoms with Crippen molar-refractivity contribution in [2.75, 3.05) is 20.3 Å². The minimum absolute atomic E-state index is 0.00330. The van der Waals surface area contributed by atoms with Gasteiger partial charge in [-0.15, -0.1) is 0 Å². The van der Waals surface area contributed by atoms with Gasteiger partial charge in [-0.3, -0.25) is 4.79 Å². The molecule has 6 N–H and O–H groups in total. The molecule has 328 valence electrons. The van der Waals surface area contributed by atoms with Crippen LogP contribution in [0.4, 0.5) is 0 Å². The average Bonchev–Trinajstić information content (AvgIpc) is 3.76. The normalized spacial score (nSPS) is 26.0. The highest BCUT2D eigenvalue weighted by molar-refractivity contribution is 5.90. The summed E-state index contributed by atoms with van der Waals surface area (Å²) in [5, 5.41) is 37.7. The molecule has 9 nitrogen and oxygen atoms in total. The molecule has 0 unspecified atom stereocenters. The molecule has 7 atom stereocenters. The van der Waals surface area contributed by atoms with E-state index in [0.29, 0.717) is 56.5 Å². The molecule has 9 heteroatoms. The van der Waals surface area contributed by atoms with Gasteiger partial charge in [-0.25, -0.2) is 4.99 Å². The lowest BCUT2D eigenvalue weighted by atomic mass is 9.55. The second-order valence-electron chi connectivity index (χ2n) is 18.8. The minimum atomic E-state index is -0.188. The number of hydrogen-bond donors (Lipinski definition) is 5. The van der Waals surface area contributed by atoms with Gasteiger partial charge in [0.1, 0.15) is 5.75 Å². The van der Waals surface area contributed by atoms with Crippen LogP contribution in [0.25, 0.3) is 0 Å². The molecule has 0 spiro atoms. The lowest BCUT2D eigenvalue weighted by molar-refractivity contribution is -0.114. The quantitative estimate of drug-likeness (QED) is 0.0732.